The van der Waals surface area contributed by atoms with Crippen LogP contribution in [0.15, 0.2) is 12.1 Å². The van der Waals surface area contributed by atoms with Crippen LogP contribution in [-0.2, 0) is 11.7 Å². The Morgan fingerprint density at radius 3 is 1.50 bits per heavy atom. The van der Waals surface area contributed by atoms with E-state index in [0.29, 0.717) is 0 Å². The second-order valence-corrected chi connectivity index (χ2v) is 10.7. The van der Waals surface area contributed by atoms with Gasteiger partial charge in [-0.2, -0.15) is 0 Å². The van der Waals surface area contributed by atoms with Gasteiger partial charge in [0.15, 0.2) is 34.4 Å². The summed E-state index contributed by atoms with van der Waals surface area (Å²) in [6, 6.07) is 1.73. The number of ether oxygens (including phenoxy) is 2. The maximum atomic E-state index is 13.3. The number of carbonyl (C=O) groups excluding carboxylic acids is 1. The number of ketones is 1. The lowest BCUT2D eigenvalue weighted by Crippen LogP contribution is -2.95. The average Bonchev–Trinajstić information content (AvgIpc) is 3.12. The van der Waals surface area contributed by atoms with Crippen molar-refractivity contribution in [1.29, 1.82) is 0 Å². The number of fused-ring (bicyclic) bond motifs is 1. The molecule has 0 bridgehead atoms. The number of phenols is 5. The van der Waals surface area contributed by atoms with Gasteiger partial charge in [0.2, 0.25) is 23.0 Å². The Bertz CT molecular complexity index is 1550. The van der Waals surface area contributed by atoms with E-state index in [-0.39, 0.29) is 11.5 Å². The SMILES string of the molecule is COc1cc2c(cc1OC)C(O)(O)C(CC1(O)C(O)(O)C(O)(O)N(C(O)(O)c3c(O)c(O)c(O)c(O)c3O)C(O)(O)C1(O)O)C2=O. The predicted molar refractivity (Wildman–Crippen MR) is 134 cm³/mol. The number of aromatic hydroxyl groups is 5. The summed E-state index contributed by atoms with van der Waals surface area (Å²) >= 11 is 0. The van der Waals surface area contributed by atoms with Crippen LogP contribution in [0.4, 0.5) is 0 Å². The van der Waals surface area contributed by atoms with Crippen LogP contribution < -0.4 is 9.47 Å². The summed E-state index contributed by atoms with van der Waals surface area (Å²) in [4.78, 5) is 11.6. The Kier molecular flexibility index (Phi) is 7.48. The minimum Gasteiger partial charge on any atom is -0.504 e. The van der Waals surface area contributed by atoms with Gasteiger partial charge in [0.1, 0.15) is 5.56 Å². The van der Waals surface area contributed by atoms with E-state index in [2.05, 4.69) is 0 Å². The molecular weight excluding hydrogens is 638 g/mol. The van der Waals surface area contributed by atoms with E-state index in [1.165, 1.54) is 0 Å². The van der Waals surface area contributed by atoms with Gasteiger partial charge in [0, 0.05) is 17.5 Å². The molecule has 2 aliphatic rings. The number of rotatable bonds is 6. The Morgan fingerprint density at radius 1 is 0.696 bits per heavy atom. The molecule has 46 heavy (non-hydrogen) atoms. The molecule has 256 valence electrons. The van der Waals surface area contributed by atoms with Crippen molar-refractivity contribution in [3.63, 3.8) is 0 Å². The molecule has 1 atom stereocenters. The van der Waals surface area contributed by atoms with Gasteiger partial charge in [-0.05, 0) is 12.1 Å². The van der Waals surface area contributed by atoms with Crippen LogP contribution in [0.1, 0.15) is 27.9 Å². The maximum absolute atomic E-state index is 13.3. The summed E-state index contributed by atoms with van der Waals surface area (Å²) in [6.07, 6.45) is -2.17. The van der Waals surface area contributed by atoms with Crippen molar-refractivity contribution in [2.75, 3.05) is 14.2 Å². The summed E-state index contributed by atoms with van der Waals surface area (Å²) in [5.41, 5.74) is -8.36. The van der Waals surface area contributed by atoms with Crippen LogP contribution in [0.5, 0.6) is 40.2 Å². The van der Waals surface area contributed by atoms with Crippen molar-refractivity contribution in [3.8, 4) is 40.2 Å². The monoisotopic (exact) mass is 667 g/mol. The summed E-state index contributed by atoms with van der Waals surface area (Å²) < 4.78 is 10.0. The topological polar surface area (TPSA) is 403 Å². The summed E-state index contributed by atoms with van der Waals surface area (Å²) in [7, 11) is 2.23. The van der Waals surface area contributed by atoms with E-state index in [1.807, 2.05) is 0 Å². The molecule has 1 aliphatic carbocycles. The van der Waals surface area contributed by atoms with Crippen molar-refractivity contribution >= 4 is 5.78 Å². The number of phenolic OH excluding ortho intramolecular Hbond substituents is 5. The van der Waals surface area contributed by atoms with E-state index in [0.717, 1.165) is 26.4 Å². The minimum absolute atomic E-state index is 0.176. The third kappa shape index (κ3) is 3.93. The molecule has 4 rings (SSSR count). The molecule has 1 unspecified atom stereocenters. The standard InChI is InChI=1S/C24H29NO21/c1-45-9-3-6-7(4-10(9)46-2)19(33,34)8(12(6)26)5-18(32)21(37,38)23(41,42)25(24(43,44)22(18,39)40)20(35,36)11-13(27)15(29)17(31)16(30)14(11)28/h3-4,8,27-44H,5H2,1-2H3. The van der Waals surface area contributed by atoms with Gasteiger partial charge in [-0.15, -0.1) is 4.90 Å². The second-order valence-electron chi connectivity index (χ2n) is 10.7. The first-order chi connectivity index (χ1) is 20.7. The highest BCUT2D eigenvalue weighted by molar-refractivity contribution is 6.04. The van der Waals surface area contributed by atoms with Gasteiger partial charge in [-0.3, -0.25) is 4.79 Å². The van der Waals surface area contributed by atoms with E-state index < -0.39 is 109 Å². The third-order valence-electron chi connectivity index (χ3n) is 8.22. The van der Waals surface area contributed by atoms with Gasteiger partial charge in [0.25, 0.3) is 29.3 Å². The zero-order valence-corrected chi connectivity index (χ0v) is 23.2. The first-order valence-electron chi connectivity index (χ1n) is 12.4. The summed E-state index contributed by atoms with van der Waals surface area (Å²) in [5, 5.41) is 191. The van der Waals surface area contributed by atoms with Gasteiger partial charge >= 0.3 is 0 Å². The Balaban J connectivity index is 1.93. The van der Waals surface area contributed by atoms with Crippen molar-refractivity contribution < 1.29 is 106 Å². The number of benzene rings is 2. The number of carbonyl (C=O) groups is 1. The van der Waals surface area contributed by atoms with Crippen molar-refractivity contribution in [2.24, 2.45) is 5.92 Å². The quantitative estimate of drug-likeness (QED) is 0.0772. The van der Waals surface area contributed by atoms with Crippen LogP contribution in [0, 0.1) is 5.92 Å². The van der Waals surface area contributed by atoms with E-state index in [9.17, 15) is 96.7 Å². The summed E-state index contributed by atoms with van der Waals surface area (Å²) in [5.74, 6) is -43.9. The van der Waals surface area contributed by atoms with E-state index >= 15 is 0 Å². The molecule has 2 aromatic carbocycles. The minimum atomic E-state index is -5.31. The molecule has 1 fully saturated rings. The fourth-order valence-corrected chi connectivity index (χ4v) is 5.64. The van der Waals surface area contributed by atoms with Gasteiger partial charge < -0.3 is 101 Å². The first kappa shape index (κ1) is 35.0. The zero-order chi connectivity index (χ0) is 35.5. The number of hydrogen-bond donors (Lipinski definition) is 18. The largest absolute Gasteiger partial charge is 0.504 e. The Morgan fingerprint density at radius 2 is 1.09 bits per heavy atom. The Labute approximate surface area is 253 Å². The summed E-state index contributed by atoms with van der Waals surface area (Å²) in [6.45, 7) is 0. The van der Waals surface area contributed by atoms with Crippen molar-refractivity contribution in [1.82, 2.24) is 4.90 Å². The van der Waals surface area contributed by atoms with Crippen molar-refractivity contribution in [3.05, 3.63) is 28.8 Å². The first-order valence-corrected chi connectivity index (χ1v) is 12.4. The zero-order valence-electron chi connectivity index (χ0n) is 23.2. The number of piperidine rings is 1. The molecule has 1 heterocycles. The molecule has 0 spiro atoms. The number of nitrogens with zero attached hydrogens (tertiary/aromatic N) is 1. The van der Waals surface area contributed by atoms with Crippen molar-refractivity contribution in [2.45, 2.75) is 47.1 Å². The fraction of sp³-hybridized carbons (Fsp3) is 0.458. The highest BCUT2D eigenvalue weighted by atomic mass is 16.7. The highest BCUT2D eigenvalue weighted by Crippen LogP contribution is 2.61. The molecule has 0 saturated carbocycles. The number of methoxy groups -OCH3 is 2. The van der Waals surface area contributed by atoms with Crippen LogP contribution >= 0.6 is 0 Å². The molecule has 2 aromatic rings. The fourth-order valence-electron chi connectivity index (χ4n) is 5.64. The predicted octanol–water partition coefficient (Wildman–Crippen LogP) is -6.95. The van der Waals surface area contributed by atoms with E-state index in [1.54, 1.807) is 0 Å². The molecular formula is C24H29NO21. The lowest BCUT2D eigenvalue weighted by Gasteiger charge is -2.65. The third-order valence-corrected chi connectivity index (χ3v) is 8.22. The maximum Gasteiger partial charge on any atom is 0.294 e. The molecule has 22 nitrogen and oxygen atoms in total. The number of aliphatic hydroxyl groups is 13. The van der Waals surface area contributed by atoms with Gasteiger partial charge in [0.05, 0.1) is 20.1 Å². The molecule has 22 heteroatoms. The van der Waals surface area contributed by atoms with Crippen LogP contribution in [-0.4, -0.2) is 146 Å². The normalized spacial score (nSPS) is 24.0. The highest BCUT2D eigenvalue weighted by Gasteiger charge is 2.88. The number of likely N-dealkylation sites (tertiary alicyclic amines) is 1. The lowest BCUT2D eigenvalue weighted by molar-refractivity contribution is -0.629. The smallest absolute Gasteiger partial charge is 0.294 e. The molecule has 0 radical (unpaired) electrons. The second kappa shape index (κ2) is 9.83. The molecule has 1 aliphatic heterocycles. The van der Waals surface area contributed by atoms with Gasteiger partial charge in [-0.25, -0.2) is 0 Å². The van der Waals surface area contributed by atoms with Crippen LogP contribution in [0.25, 0.3) is 0 Å². The van der Waals surface area contributed by atoms with Crippen LogP contribution in [0.3, 0.4) is 0 Å². The molecule has 1 saturated heterocycles. The lowest BCUT2D eigenvalue weighted by atomic mass is 9.68. The molecule has 0 amide bonds. The molecule has 18 N–H and O–H groups in total. The number of hydrogen-bond acceptors (Lipinski definition) is 22. The van der Waals surface area contributed by atoms with Gasteiger partial charge in [-0.1, -0.05) is 0 Å². The number of Topliss-reactive ketones (excluding diaryl/α,β-unsaturated/α-hetero) is 1. The molecule has 0 aromatic heterocycles. The average molecular weight is 667 g/mol. The van der Waals surface area contributed by atoms with Crippen LogP contribution in [0.2, 0.25) is 0 Å². The van der Waals surface area contributed by atoms with E-state index in [4.69, 9.17) is 9.47 Å². The Hall–Kier alpha value is -3.85.